The summed E-state index contributed by atoms with van der Waals surface area (Å²) in [5, 5.41) is 13.5. The maximum Gasteiger partial charge on any atom is 0.239 e. The van der Waals surface area contributed by atoms with Gasteiger partial charge in [-0.25, -0.2) is 0 Å². The highest BCUT2D eigenvalue weighted by molar-refractivity contribution is 5.82. The first-order chi connectivity index (χ1) is 9.24. The van der Waals surface area contributed by atoms with Gasteiger partial charge >= 0.3 is 0 Å². The first kappa shape index (κ1) is 13.4. The molecule has 3 fully saturated rings. The average Bonchev–Trinajstić information content (AvgIpc) is 3.21. The molecule has 1 saturated heterocycles. The van der Waals surface area contributed by atoms with Crippen molar-refractivity contribution in [3.05, 3.63) is 0 Å². The summed E-state index contributed by atoms with van der Waals surface area (Å²) >= 11 is 0. The number of nitrogens with one attached hydrogen (secondary N) is 1. The molecule has 3 unspecified atom stereocenters. The number of aliphatic hydroxyl groups is 1. The summed E-state index contributed by atoms with van der Waals surface area (Å²) in [7, 11) is 0. The van der Waals surface area contributed by atoms with Crippen LogP contribution in [0.15, 0.2) is 0 Å². The van der Waals surface area contributed by atoms with E-state index < -0.39 is 0 Å². The zero-order chi connectivity index (χ0) is 13.2. The number of nitrogens with zero attached hydrogens (tertiary/aromatic N) is 1. The number of aliphatic hydroxyl groups excluding tert-OH is 1. The summed E-state index contributed by atoms with van der Waals surface area (Å²) in [6.07, 6.45) is 8.67. The van der Waals surface area contributed by atoms with Gasteiger partial charge in [0.15, 0.2) is 0 Å². The van der Waals surface area contributed by atoms with E-state index in [2.05, 4.69) is 5.32 Å². The predicted molar refractivity (Wildman–Crippen MR) is 73.7 cm³/mol. The minimum absolute atomic E-state index is 0.0435. The maximum absolute atomic E-state index is 12.5. The van der Waals surface area contributed by atoms with Crippen LogP contribution < -0.4 is 5.32 Å². The number of piperidine rings is 1. The van der Waals surface area contributed by atoms with Crippen molar-refractivity contribution < 1.29 is 9.90 Å². The fourth-order valence-corrected chi connectivity index (χ4v) is 3.49. The Balaban J connectivity index is 1.55. The molecule has 4 heteroatoms. The van der Waals surface area contributed by atoms with Crippen LogP contribution in [0.2, 0.25) is 0 Å². The van der Waals surface area contributed by atoms with E-state index in [9.17, 15) is 9.90 Å². The van der Waals surface area contributed by atoms with Crippen LogP contribution in [0.25, 0.3) is 0 Å². The second-order valence-corrected chi connectivity index (χ2v) is 6.53. The SMILES string of the molecule is O=C1C(NC2CC2)CCCN1CC1CCCCC1O. The van der Waals surface area contributed by atoms with Crippen molar-refractivity contribution in [2.45, 2.75) is 69.6 Å². The topological polar surface area (TPSA) is 52.6 Å². The van der Waals surface area contributed by atoms with Gasteiger partial charge in [0.1, 0.15) is 0 Å². The lowest BCUT2D eigenvalue weighted by atomic mass is 9.85. The van der Waals surface area contributed by atoms with Crippen LogP contribution in [0, 0.1) is 5.92 Å². The predicted octanol–water partition coefficient (Wildman–Crippen LogP) is 1.28. The van der Waals surface area contributed by atoms with Crippen molar-refractivity contribution in [3.8, 4) is 0 Å². The molecule has 0 aromatic carbocycles. The molecule has 0 aromatic rings. The number of likely N-dealkylation sites (tertiary alicyclic amines) is 1. The molecule has 0 radical (unpaired) electrons. The third kappa shape index (κ3) is 3.29. The Morgan fingerprint density at radius 1 is 1.11 bits per heavy atom. The quantitative estimate of drug-likeness (QED) is 0.806. The van der Waals surface area contributed by atoms with Crippen molar-refractivity contribution in [3.63, 3.8) is 0 Å². The Bertz CT molecular complexity index is 330. The van der Waals surface area contributed by atoms with Gasteiger partial charge in [0.05, 0.1) is 12.1 Å². The van der Waals surface area contributed by atoms with Crippen molar-refractivity contribution in [2.24, 2.45) is 5.92 Å². The average molecular weight is 266 g/mol. The highest BCUT2D eigenvalue weighted by Gasteiger charge is 2.35. The molecule has 0 spiro atoms. The van der Waals surface area contributed by atoms with Crippen LogP contribution in [-0.2, 0) is 4.79 Å². The van der Waals surface area contributed by atoms with E-state index in [4.69, 9.17) is 0 Å². The molecule has 2 N–H and O–H groups in total. The Labute approximate surface area is 115 Å². The molecule has 3 atom stereocenters. The fraction of sp³-hybridized carbons (Fsp3) is 0.933. The highest BCUT2D eigenvalue weighted by Crippen LogP contribution is 2.27. The third-order valence-electron chi connectivity index (χ3n) is 4.87. The normalized spacial score (nSPS) is 36.6. The number of carbonyl (C=O) groups is 1. The highest BCUT2D eigenvalue weighted by atomic mass is 16.3. The van der Waals surface area contributed by atoms with E-state index in [-0.39, 0.29) is 18.1 Å². The van der Waals surface area contributed by atoms with Crippen LogP contribution in [0.1, 0.15) is 51.4 Å². The lowest BCUT2D eigenvalue weighted by Gasteiger charge is -2.37. The first-order valence-electron chi connectivity index (χ1n) is 7.97. The summed E-state index contributed by atoms with van der Waals surface area (Å²) in [4.78, 5) is 14.5. The van der Waals surface area contributed by atoms with Gasteiger partial charge in [-0.15, -0.1) is 0 Å². The number of amides is 1. The molecule has 3 rings (SSSR count). The summed E-state index contributed by atoms with van der Waals surface area (Å²) in [6, 6.07) is 0.635. The molecular weight excluding hydrogens is 240 g/mol. The molecule has 2 aliphatic carbocycles. The smallest absolute Gasteiger partial charge is 0.239 e. The molecular formula is C15H26N2O2. The first-order valence-corrected chi connectivity index (χ1v) is 7.97. The Morgan fingerprint density at radius 2 is 1.89 bits per heavy atom. The number of carbonyl (C=O) groups excluding carboxylic acids is 1. The van der Waals surface area contributed by atoms with Gasteiger partial charge in [0.25, 0.3) is 0 Å². The van der Waals surface area contributed by atoms with E-state index in [1.54, 1.807) is 0 Å². The summed E-state index contributed by atoms with van der Waals surface area (Å²) in [6.45, 7) is 1.65. The molecule has 1 amide bonds. The van der Waals surface area contributed by atoms with Crippen LogP contribution in [0.3, 0.4) is 0 Å². The minimum Gasteiger partial charge on any atom is -0.393 e. The summed E-state index contributed by atoms with van der Waals surface area (Å²) < 4.78 is 0. The second-order valence-electron chi connectivity index (χ2n) is 6.53. The van der Waals surface area contributed by atoms with E-state index in [1.807, 2.05) is 4.90 Å². The lowest BCUT2D eigenvalue weighted by Crippen LogP contribution is -2.53. The Hall–Kier alpha value is -0.610. The fourth-order valence-electron chi connectivity index (χ4n) is 3.49. The summed E-state index contributed by atoms with van der Waals surface area (Å²) in [5.41, 5.74) is 0. The van der Waals surface area contributed by atoms with Gasteiger partial charge in [-0.05, 0) is 38.5 Å². The lowest BCUT2D eigenvalue weighted by molar-refractivity contribution is -0.137. The zero-order valence-electron chi connectivity index (χ0n) is 11.7. The molecule has 19 heavy (non-hydrogen) atoms. The van der Waals surface area contributed by atoms with E-state index in [0.29, 0.717) is 12.0 Å². The molecule has 2 saturated carbocycles. The molecule has 4 nitrogen and oxygen atoms in total. The monoisotopic (exact) mass is 266 g/mol. The van der Waals surface area contributed by atoms with Gasteiger partial charge in [0.2, 0.25) is 5.91 Å². The number of hydrogen-bond acceptors (Lipinski definition) is 3. The summed E-state index contributed by atoms with van der Waals surface area (Å²) in [5.74, 6) is 0.577. The van der Waals surface area contributed by atoms with Crippen LogP contribution in [0.4, 0.5) is 0 Å². The largest absolute Gasteiger partial charge is 0.393 e. The van der Waals surface area contributed by atoms with E-state index in [0.717, 1.165) is 45.2 Å². The van der Waals surface area contributed by atoms with Gasteiger partial charge in [0, 0.05) is 25.0 Å². The molecule has 1 heterocycles. The van der Waals surface area contributed by atoms with Crippen LogP contribution >= 0.6 is 0 Å². The van der Waals surface area contributed by atoms with Crippen molar-refractivity contribution >= 4 is 5.91 Å². The number of hydrogen-bond donors (Lipinski definition) is 2. The molecule has 3 aliphatic rings. The van der Waals surface area contributed by atoms with Gasteiger partial charge in [-0.2, -0.15) is 0 Å². The van der Waals surface area contributed by atoms with Gasteiger partial charge in [-0.3, -0.25) is 4.79 Å². The van der Waals surface area contributed by atoms with E-state index >= 15 is 0 Å². The zero-order valence-corrected chi connectivity index (χ0v) is 11.7. The molecule has 0 aromatic heterocycles. The van der Waals surface area contributed by atoms with Crippen LogP contribution in [0.5, 0.6) is 0 Å². The van der Waals surface area contributed by atoms with Gasteiger partial charge in [-0.1, -0.05) is 12.8 Å². The Morgan fingerprint density at radius 3 is 2.63 bits per heavy atom. The maximum atomic E-state index is 12.5. The van der Waals surface area contributed by atoms with Crippen molar-refractivity contribution in [2.75, 3.05) is 13.1 Å². The molecule has 108 valence electrons. The minimum atomic E-state index is -0.196. The van der Waals surface area contributed by atoms with Crippen molar-refractivity contribution in [1.29, 1.82) is 0 Å². The van der Waals surface area contributed by atoms with Crippen LogP contribution in [-0.4, -0.2) is 47.2 Å². The van der Waals surface area contributed by atoms with Crippen molar-refractivity contribution in [1.82, 2.24) is 10.2 Å². The second kappa shape index (κ2) is 5.80. The Kier molecular flexibility index (Phi) is 4.08. The molecule has 0 bridgehead atoms. The van der Waals surface area contributed by atoms with Gasteiger partial charge < -0.3 is 15.3 Å². The standard InChI is InChI=1S/C15H26N2O2/c18-14-6-2-1-4-11(14)10-17-9-3-5-13(15(17)19)16-12-7-8-12/h11-14,16,18H,1-10H2. The third-order valence-corrected chi connectivity index (χ3v) is 4.87. The molecule has 1 aliphatic heterocycles. The number of rotatable bonds is 4. The van der Waals surface area contributed by atoms with E-state index in [1.165, 1.54) is 19.3 Å².